The Morgan fingerprint density at radius 2 is 2.06 bits per heavy atom. The van der Waals surface area contributed by atoms with Gasteiger partial charge in [-0.25, -0.2) is 0 Å². The molecule has 1 saturated carbocycles. The molecule has 0 aromatic rings. The van der Waals surface area contributed by atoms with E-state index in [0.717, 1.165) is 5.71 Å². The highest BCUT2D eigenvalue weighted by atomic mass is 14.8. The number of aliphatic imine (C=N–C) groups is 1. The molecule has 1 fully saturated rings. The Balaban J connectivity index is 3.17. The molecule has 2 heteroatoms. The summed E-state index contributed by atoms with van der Waals surface area (Å²) in [5.74, 6) is 0.676. The van der Waals surface area contributed by atoms with Crippen molar-refractivity contribution in [1.29, 1.82) is 0 Å². The summed E-state index contributed by atoms with van der Waals surface area (Å²) in [5, 5.41) is 0. The van der Waals surface area contributed by atoms with Crippen LogP contribution in [0.15, 0.2) is 40.4 Å². The molecular formula is C16H26N2. The molecular weight excluding hydrogens is 220 g/mol. The lowest BCUT2D eigenvalue weighted by atomic mass is 9.76. The van der Waals surface area contributed by atoms with Crippen LogP contribution < -0.4 is 5.73 Å². The fourth-order valence-electron chi connectivity index (χ4n) is 2.37. The van der Waals surface area contributed by atoms with E-state index in [1.54, 1.807) is 0 Å². The van der Waals surface area contributed by atoms with Crippen LogP contribution in [-0.2, 0) is 0 Å². The molecule has 2 N–H and O–H groups in total. The molecule has 1 aliphatic carbocycles. The smallest absolute Gasteiger partial charge is 0.0515 e. The van der Waals surface area contributed by atoms with Gasteiger partial charge in [-0.3, -0.25) is 4.99 Å². The lowest BCUT2D eigenvalue weighted by molar-refractivity contribution is 0.373. The van der Waals surface area contributed by atoms with Crippen molar-refractivity contribution in [3.8, 4) is 0 Å². The average Bonchev–Trinajstić information content (AvgIpc) is 2.32. The number of nitrogens with zero attached hydrogens (tertiary/aromatic N) is 1. The first kappa shape index (κ1) is 14.9. The summed E-state index contributed by atoms with van der Waals surface area (Å²) in [6.07, 6.45) is 8.08. The minimum Gasteiger partial charge on any atom is -0.329 e. The monoisotopic (exact) mass is 246 g/mol. The van der Waals surface area contributed by atoms with E-state index in [-0.39, 0.29) is 0 Å². The van der Waals surface area contributed by atoms with E-state index in [1.807, 2.05) is 6.08 Å². The SMILES string of the molecule is C=C/C(=C(\C(C)=CC)C(C)=NCCN)C1CCC1. The van der Waals surface area contributed by atoms with E-state index >= 15 is 0 Å². The van der Waals surface area contributed by atoms with Gasteiger partial charge >= 0.3 is 0 Å². The second-order valence-corrected chi connectivity index (χ2v) is 4.89. The van der Waals surface area contributed by atoms with Crippen molar-refractivity contribution in [2.45, 2.75) is 40.0 Å². The fraction of sp³-hybridized carbons (Fsp3) is 0.562. The first-order valence-corrected chi connectivity index (χ1v) is 6.87. The summed E-state index contributed by atoms with van der Waals surface area (Å²) in [7, 11) is 0. The largest absolute Gasteiger partial charge is 0.329 e. The van der Waals surface area contributed by atoms with Crippen molar-refractivity contribution < 1.29 is 0 Å². The summed E-state index contributed by atoms with van der Waals surface area (Å²) in [4.78, 5) is 4.57. The van der Waals surface area contributed by atoms with Crippen LogP contribution in [0.25, 0.3) is 0 Å². The van der Waals surface area contributed by atoms with Gasteiger partial charge in [0.25, 0.3) is 0 Å². The highest BCUT2D eigenvalue weighted by Crippen LogP contribution is 2.37. The van der Waals surface area contributed by atoms with Crippen molar-refractivity contribution in [3.63, 3.8) is 0 Å². The second-order valence-electron chi connectivity index (χ2n) is 4.89. The van der Waals surface area contributed by atoms with E-state index < -0.39 is 0 Å². The number of rotatable bonds is 6. The molecule has 100 valence electrons. The molecule has 0 unspecified atom stereocenters. The highest BCUT2D eigenvalue weighted by Gasteiger charge is 2.24. The van der Waals surface area contributed by atoms with Gasteiger partial charge in [0.05, 0.1) is 6.54 Å². The van der Waals surface area contributed by atoms with Crippen molar-refractivity contribution in [3.05, 3.63) is 35.5 Å². The van der Waals surface area contributed by atoms with E-state index in [1.165, 1.54) is 36.0 Å². The van der Waals surface area contributed by atoms with Gasteiger partial charge in [-0.05, 0) is 50.7 Å². The molecule has 0 bridgehead atoms. The third-order valence-corrected chi connectivity index (χ3v) is 3.72. The molecule has 0 aromatic carbocycles. The third kappa shape index (κ3) is 3.42. The minimum absolute atomic E-state index is 0.604. The summed E-state index contributed by atoms with van der Waals surface area (Å²) in [6, 6.07) is 0. The fourth-order valence-corrected chi connectivity index (χ4v) is 2.37. The zero-order valence-corrected chi connectivity index (χ0v) is 12.0. The van der Waals surface area contributed by atoms with Crippen LogP contribution in [0.5, 0.6) is 0 Å². The van der Waals surface area contributed by atoms with Crippen molar-refractivity contribution >= 4 is 5.71 Å². The Hall–Kier alpha value is -1.15. The van der Waals surface area contributed by atoms with Crippen LogP contribution >= 0.6 is 0 Å². The molecule has 0 heterocycles. The standard InChI is InChI=1S/C16H26N2/c1-5-12(3)16(13(4)18-11-10-17)15(6-2)14-8-7-9-14/h5-6,14H,2,7-11,17H2,1,3-4H3/b12-5?,16-15-,18-13?. The van der Waals surface area contributed by atoms with E-state index in [9.17, 15) is 0 Å². The van der Waals surface area contributed by atoms with E-state index in [0.29, 0.717) is 19.0 Å². The van der Waals surface area contributed by atoms with Crippen LogP contribution in [0.2, 0.25) is 0 Å². The Kier molecular flexibility index (Phi) is 6.06. The van der Waals surface area contributed by atoms with Crippen molar-refractivity contribution in [2.24, 2.45) is 16.6 Å². The number of nitrogens with two attached hydrogens (primary N) is 1. The van der Waals surface area contributed by atoms with Crippen LogP contribution in [0.3, 0.4) is 0 Å². The van der Waals surface area contributed by atoms with Gasteiger partial charge in [0, 0.05) is 17.8 Å². The van der Waals surface area contributed by atoms with Gasteiger partial charge in [0.1, 0.15) is 0 Å². The van der Waals surface area contributed by atoms with E-state index in [2.05, 4.69) is 38.4 Å². The summed E-state index contributed by atoms with van der Waals surface area (Å²) >= 11 is 0. The van der Waals surface area contributed by atoms with Crippen LogP contribution in [0.4, 0.5) is 0 Å². The summed E-state index contributed by atoms with van der Waals surface area (Å²) in [5.41, 5.74) is 10.6. The topological polar surface area (TPSA) is 38.4 Å². The number of hydrogen-bond acceptors (Lipinski definition) is 2. The first-order chi connectivity index (χ1) is 8.65. The molecule has 0 aliphatic heterocycles. The normalized spacial score (nSPS) is 19.3. The van der Waals surface area contributed by atoms with Crippen molar-refractivity contribution in [2.75, 3.05) is 13.1 Å². The van der Waals surface area contributed by atoms with Crippen LogP contribution in [0, 0.1) is 5.92 Å². The zero-order chi connectivity index (χ0) is 13.5. The third-order valence-electron chi connectivity index (χ3n) is 3.72. The van der Waals surface area contributed by atoms with Gasteiger partial charge in [-0.2, -0.15) is 0 Å². The van der Waals surface area contributed by atoms with Crippen LogP contribution in [0.1, 0.15) is 40.0 Å². The van der Waals surface area contributed by atoms with Gasteiger partial charge in [-0.15, -0.1) is 0 Å². The van der Waals surface area contributed by atoms with Crippen LogP contribution in [-0.4, -0.2) is 18.8 Å². The molecule has 0 saturated heterocycles. The molecule has 0 amide bonds. The minimum atomic E-state index is 0.604. The molecule has 18 heavy (non-hydrogen) atoms. The molecule has 0 aromatic heterocycles. The molecule has 0 radical (unpaired) electrons. The quantitative estimate of drug-likeness (QED) is 0.564. The number of allylic oxidation sites excluding steroid dienone is 5. The Morgan fingerprint density at radius 3 is 2.44 bits per heavy atom. The maximum Gasteiger partial charge on any atom is 0.0515 e. The first-order valence-electron chi connectivity index (χ1n) is 6.87. The highest BCUT2D eigenvalue weighted by molar-refractivity contribution is 6.03. The summed E-state index contributed by atoms with van der Waals surface area (Å²) < 4.78 is 0. The predicted molar refractivity (Wildman–Crippen MR) is 81.0 cm³/mol. The molecule has 1 rings (SSSR count). The van der Waals surface area contributed by atoms with Gasteiger partial charge in [0.2, 0.25) is 0 Å². The molecule has 0 atom stereocenters. The lowest BCUT2D eigenvalue weighted by Gasteiger charge is -2.29. The molecule has 2 nitrogen and oxygen atoms in total. The molecule has 1 aliphatic rings. The Bertz CT molecular complexity index is 382. The number of hydrogen-bond donors (Lipinski definition) is 1. The van der Waals surface area contributed by atoms with Crippen molar-refractivity contribution in [1.82, 2.24) is 0 Å². The van der Waals surface area contributed by atoms with Gasteiger partial charge < -0.3 is 5.73 Å². The Labute approximate surface area is 111 Å². The Morgan fingerprint density at radius 1 is 1.39 bits per heavy atom. The maximum atomic E-state index is 5.53. The van der Waals surface area contributed by atoms with Gasteiger partial charge in [0.15, 0.2) is 0 Å². The molecule has 0 spiro atoms. The predicted octanol–water partition coefficient (Wildman–Crippen LogP) is 3.65. The average molecular weight is 246 g/mol. The van der Waals surface area contributed by atoms with E-state index in [4.69, 9.17) is 5.73 Å². The van der Waals surface area contributed by atoms with Gasteiger partial charge in [-0.1, -0.05) is 25.2 Å². The second kappa shape index (κ2) is 7.32. The lowest BCUT2D eigenvalue weighted by Crippen LogP contribution is -2.17. The zero-order valence-electron chi connectivity index (χ0n) is 12.0. The maximum absolute atomic E-state index is 5.53. The summed E-state index contributed by atoms with van der Waals surface area (Å²) in [6.45, 7) is 11.6.